The number of nitrogens with zero attached hydrogens (tertiary/aromatic N) is 1. The maximum atomic E-state index is 12.6. The van der Waals surface area contributed by atoms with E-state index in [1.165, 1.54) is 0 Å². The molecule has 0 radical (unpaired) electrons. The zero-order valence-electron chi connectivity index (χ0n) is 11.7. The number of unbranched alkanes of at least 4 members (excludes halogenated alkanes) is 1. The van der Waals surface area contributed by atoms with E-state index in [9.17, 15) is 4.79 Å². The van der Waals surface area contributed by atoms with Crippen LogP contribution in [0.5, 0.6) is 0 Å². The van der Waals surface area contributed by atoms with Crippen LogP contribution in [-0.4, -0.2) is 40.4 Å². The predicted molar refractivity (Wildman–Crippen MR) is 73.2 cm³/mol. The topological polar surface area (TPSA) is 60.8 Å². The van der Waals surface area contributed by atoms with E-state index in [2.05, 4.69) is 19.1 Å². The fourth-order valence-electron chi connectivity index (χ4n) is 3.25. The zero-order valence-corrected chi connectivity index (χ0v) is 11.7. The molecule has 2 aliphatic rings. The van der Waals surface area contributed by atoms with Gasteiger partial charge in [-0.15, -0.1) is 0 Å². The highest BCUT2D eigenvalue weighted by Gasteiger charge is 2.41. The minimum absolute atomic E-state index is 0.127. The SMILES string of the molecule is CCCCN(CCC(O)O)C(=O)C1CC2C=CC1C2. The number of carbonyl (C=O) groups excluding carboxylic acids is 1. The maximum absolute atomic E-state index is 12.6. The molecule has 4 heteroatoms. The smallest absolute Gasteiger partial charge is 0.226 e. The van der Waals surface area contributed by atoms with Crippen LogP contribution in [0.4, 0.5) is 0 Å². The van der Waals surface area contributed by atoms with Crippen molar-refractivity contribution in [2.75, 3.05) is 13.1 Å². The van der Waals surface area contributed by atoms with Gasteiger partial charge in [0.05, 0.1) is 0 Å². The van der Waals surface area contributed by atoms with Crippen LogP contribution in [0, 0.1) is 17.8 Å². The Hall–Kier alpha value is -0.870. The first kappa shape index (κ1) is 14.5. The average Bonchev–Trinajstić information content (AvgIpc) is 3.00. The Labute approximate surface area is 115 Å². The fraction of sp³-hybridized carbons (Fsp3) is 0.800. The first-order chi connectivity index (χ1) is 9.11. The Bertz CT molecular complexity index is 340. The van der Waals surface area contributed by atoms with E-state index in [0.717, 1.165) is 32.2 Å². The van der Waals surface area contributed by atoms with Crippen molar-refractivity contribution in [1.82, 2.24) is 4.90 Å². The van der Waals surface area contributed by atoms with Gasteiger partial charge in [-0.25, -0.2) is 0 Å². The monoisotopic (exact) mass is 267 g/mol. The summed E-state index contributed by atoms with van der Waals surface area (Å²) in [6, 6.07) is 0. The van der Waals surface area contributed by atoms with Crippen LogP contribution < -0.4 is 0 Å². The molecule has 4 nitrogen and oxygen atoms in total. The second-order valence-corrected chi connectivity index (χ2v) is 5.83. The van der Waals surface area contributed by atoms with Crippen LogP contribution in [0.2, 0.25) is 0 Å². The molecule has 19 heavy (non-hydrogen) atoms. The van der Waals surface area contributed by atoms with Crippen molar-refractivity contribution in [2.45, 2.75) is 45.3 Å². The molecule has 3 unspecified atom stereocenters. The molecule has 2 aliphatic carbocycles. The van der Waals surface area contributed by atoms with Crippen molar-refractivity contribution >= 4 is 5.91 Å². The number of carbonyl (C=O) groups is 1. The lowest BCUT2D eigenvalue weighted by Crippen LogP contribution is -2.40. The van der Waals surface area contributed by atoms with Crippen LogP contribution in [0.15, 0.2) is 12.2 Å². The van der Waals surface area contributed by atoms with Gasteiger partial charge in [-0.3, -0.25) is 4.79 Å². The van der Waals surface area contributed by atoms with Gasteiger partial charge >= 0.3 is 0 Å². The number of amides is 1. The molecule has 3 atom stereocenters. The second kappa shape index (κ2) is 6.53. The average molecular weight is 267 g/mol. The summed E-state index contributed by atoms with van der Waals surface area (Å²) in [6.45, 7) is 3.29. The van der Waals surface area contributed by atoms with E-state index >= 15 is 0 Å². The fourth-order valence-corrected chi connectivity index (χ4v) is 3.25. The molecule has 0 aromatic rings. The Morgan fingerprint density at radius 1 is 1.32 bits per heavy atom. The van der Waals surface area contributed by atoms with Crippen molar-refractivity contribution in [2.24, 2.45) is 17.8 Å². The summed E-state index contributed by atoms with van der Waals surface area (Å²) in [5.41, 5.74) is 0. The normalized spacial score (nSPS) is 28.3. The van der Waals surface area contributed by atoms with Crippen LogP contribution in [0.3, 0.4) is 0 Å². The number of aliphatic hydroxyl groups excluding tert-OH is 1. The minimum Gasteiger partial charge on any atom is -0.368 e. The first-order valence-corrected chi connectivity index (χ1v) is 7.45. The summed E-state index contributed by atoms with van der Waals surface area (Å²) < 4.78 is 0. The number of allylic oxidation sites excluding steroid dienone is 2. The number of hydrogen-bond acceptors (Lipinski definition) is 3. The van der Waals surface area contributed by atoms with Gasteiger partial charge in [-0.05, 0) is 31.1 Å². The van der Waals surface area contributed by atoms with E-state index in [1.54, 1.807) is 0 Å². The molecule has 0 spiro atoms. The summed E-state index contributed by atoms with van der Waals surface area (Å²) in [6.07, 6.45) is 7.47. The molecule has 1 amide bonds. The summed E-state index contributed by atoms with van der Waals surface area (Å²) in [5, 5.41) is 18.0. The third-order valence-electron chi connectivity index (χ3n) is 4.35. The van der Waals surface area contributed by atoms with Gasteiger partial charge in [0.2, 0.25) is 5.91 Å². The third kappa shape index (κ3) is 3.57. The van der Waals surface area contributed by atoms with Gasteiger partial charge in [-0.2, -0.15) is 0 Å². The van der Waals surface area contributed by atoms with E-state index in [-0.39, 0.29) is 18.2 Å². The van der Waals surface area contributed by atoms with Crippen molar-refractivity contribution in [3.05, 3.63) is 12.2 Å². The van der Waals surface area contributed by atoms with Crippen LogP contribution >= 0.6 is 0 Å². The highest BCUT2D eigenvalue weighted by atomic mass is 16.5. The standard InChI is InChI=1S/C15H25NO3/c1-2-3-7-16(8-6-14(17)18)15(19)13-10-11-4-5-12(13)9-11/h4-5,11-14,17-18H,2-3,6-10H2,1H3. The molecule has 1 fully saturated rings. The van der Waals surface area contributed by atoms with E-state index in [4.69, 9.17) is 10.2 Å². The van der Waals surface area contributed by atoms with Crippen LogP contribution in [0.25, 0.3) is 0 Å². The summed E-state index contributed by atoms with van der Waals surface area (Å²) in [5.74, 6) is 1.35. The molecule has 2 rings (SSSR count). The van der Waals surface area contributed by atoms with Gasteiger partial charge in [-0.1, -0.05) is 25.5 Å². The van der Waals surface area contributed by atoms with E-state index in [1.807, 2.05) is 4.90 Å². The molecule has 0 aliphatic heterocycles. The van der Waals surface area contributed by atoms with Crippen molar-refractivity contribution in [1.29, 1.82) is 0 Å². The highest BCUT2D eigenvalue weighted by Crippen LogP contribution is 2.44. The molecule has 2 N–H and O–H groups in total. The summed E-state index contributed by atoms with van der Waals surface area (Å²) in [4.78, 5) is 14.4. The zero-order chi connectivity index (χ0) is 13.8. The van der Waals surface area contributed by atoms with Crippen molar-refractivity contribution < 1.29 is 15.0 Å². The second-order valence-electron chi connectivity index (χ2n) is 5.83. The Kier molecular flexibility index (Phi) is 4.99. The number of rotatable bonds is 7. The largest absolute Gasteiger partial charge is 0.368 e. The Balaban J connectivity index is 1.92. The van der Waals surface area contributed by atoms with Gasteiger partial charge in [0.1, 0.15) is 0 Å². The molecule has 0 heterocycles. The third-order valence-corrected chi connectivity index (χ3v) is 4.35. The molecule has 1 saturated carbocycles. The molecule has 0 aromatic heterocycles. The van der Waals surface area contributed by atoms with E-state index in [0.29, 0.717) is 18.4 Å². The number of fused-ring (bicyclic) bond motifs is 2. The van der Waals surface area contributed by atoms with Crippen LogP contribution in [-0.2, 0) is 4.79 Å². The molecular weight excluding hydrogens is 242 g/mol. The van der Waals surface area contributed by atoms with E-state index < -0.39 is 6.29 Å². The Morgan fingerprint density at radius 3 is 2.63 bits per heavy atom. The molecular formula is C15H25NO3. The molecule has 0 aromatic carbocycles. The van der Waals surface area contributed by atoms with Crippen molar-refractivity contribution in [3.63, 3.8) is 0 Å². The lowest BCUT2D eigenvalue weighted by Gasteiger charge is -2.28. The van der Waals surface area contributed by atoms with Gasteiger partial charge < -0.3 is 15.1 Å². The summed E-state index contributed by atoms with van der Waals surface area (Å²) in [7, 11) is 0. The molecule has 108 valence electrons. The maximum Gasteiger partial charge on any atom is 0.226 e. The highest BCUT2D eigenvalue weighted by molar-refractivity contribution is 5.80. The minimum atomic E-state index is -1.32. The quantitative estimate of drug-likeness (QED) is 0.543. The molecule has 0 saturated heterocycles. The van der Waals surface area contributed by atoms with Gasteiger partial charge in [0, 0.05) is 25.4 Å². The lowest BCUT2D eigenvalue weighted by molar-refractivity contribution is -0.137. The van der Waals surface area contributed by atoms with Crippen LogP contribution in [0.1, 0.15) is 39.0 Å². The van der Waals surface area contributed by atoms with Gasteiger partial charge in [0.25, 0.3) is 0 Å². The van der Waals surface area contributed by atoms with Gasteiger partial charge in [0.15, 0.2) is 6.29 Å². The first-order valence-electron chi connectivity index (χ1n) is 7.45. The predicted octanol–water partition coefficient (Wildman–Crippen LogP) is 1.53. The Morgan fingerprint density at radius 2 is 2.11 bits per heavy atom. The summed E-state index contributed by atoms with van der Waals surface area (Å²) >= 11 is 0. The number of aliphatic hydroxyl groups is 2. The molecule has 2 bridgehead atoms. The van der Waals surface area contributed by atoms with Crippen molar-refractivity contribution in [3.8, 4) is 0 Å². The number of hydrogen-bond donors (Lipinski definition) is 2. The lowest BCUT2D eigenvalue weighted by atomic mass is 9.92.